The summed E-state index contributed by atoms with van der Waals surface area (Å²) < 4.78 is 22.9. The number of carbonyl (C=O) groups excluding carboxylic acids is 2. The zero-order chi connectivity index (χ0) is 27.0. The van der Waals surface area contributed by atoms with Crippen LogP contribution in [0.1, 0.15) is 56.6 Å². The molecule has 1 saturated heterocycles. The summed E-state index contributed by atoms with van der Waals surface area (Å²) in [4.78, 5) is 32.5. The number of rotatable bonds is 4. The van der Waals surface area contributed by atoms with E-state index in [2.05, 4.69) is 15.3 Å². The summed E-state index contributed by atoms with van der Waals surface area (Å²) in [7, 11) is 0. The summed E-state index contributed by atoms with van der Waals surface area (Å²) in [6.07, 6.45) is 0.580. The van der Waals surface area contributed by atoms with Crippen LogP contribution in [0.2, 0.25) is 5.02 Å². The van der Waals surface area contributed by atoms with E-state index in [4.69, 9.17) is 36.3 Å². The molecule has 0 bridgehead atoms. The van der Waals surface area contributed by atoms with Gasteiger partial charge in [-0.1, -0.05) is 11.6 Å². The quantitative estimate of drug-likeness (QED) is 0.435. The summed E-state index contributed by atoms with van der Waals surface area (Å²) in [6, 6.07) is 8.25. The van der Waals surface area contributed by atoms with Crippen LogP contribution in [-0.2, 0) is 14.2 Å². The maximum Gasteiger partial charge on any atom is 0.438 e. The molecule has 0 aliphatic carbocycles. The first kappa shape index (κ1) is 26.7. The van der Waals surface area contributed by atoms with Gasteiger partial charge in [0.05, 0.1) is 30.3 Å². The molecular weight excluding hydrogens is 500 g/mol. The number of amides is 2. The van der Waals surface area contributed by atoms with E-state index in [9.17, 15) is 9.59 Å². The average molecular weight is 531 g/mol. The summed E-state index contributed by atoms with van der Waals surface area (Å²) in [5, 5.41) is 3.30. The Morgan fingerprint density at radius 3 is 2.57 bits per heavy atom. The van der Waals surface area contributed by atoms with Gasteiger partial charge in [0.25, 0.3) is 11.9 Å². The van der Waals surface area contributed by atoms with Crippen molar-refractivity contribution in [2.75, 3.05) is 25.1 Å². The molecule has 2 amide bonds. The van der Waals surface area contributed by atoms with Gasteiger partial charge in [-0.2, -0.15) is 0 Å². The second-order valence-electron chi connectivity index (χ2n) is 10.6. The number of aliphatic imine (C=N–C) groups is 1. The number of anilines is 1. The van der Waals surface area contributed by atoms with E-state index in [0.29, 0.717) is 29.7 Å². The normalized spacial score (nSPS) is 19.7. The SMILES string of the molecule is CC(C)(C)OC(=O)N=C(N)OCC1c2cc(NC(=O)c3ccc(Cl)cn3)ccc2OC(C)(C)C12COC2. The summed E-state index contributed by atoms with van der Waals surface area (Å²) in [5.41, 5.74) is 5.79. The van der Waals surface area contributed by atoms with Gasteiger partial charge in [-0.15, -0.1) is 4.99 Å². The molecule has 1 spiro atoms. The van der Waals surface area contributed by atoms with Crippen LogP contribution in [0, 0.1) is 5.41 Å². The van der Waals surface area contributed by atoms with Crippen molar-refractivity contribution in [1.29, 1.82) is 0 Å². The lowest BCUT2D eigenvalue weighted by atomic mass is 9.60. The van der Waals surface area contributed by atoms with E-state index in [1.807, 2.05) is 19.9 Å². The Morgan fingerprint density at radius 1 is 1.24 bits per heavy atom. The van der Waals surface area contributed by atoms with Gasteiger partial charge in [0.2, 0.25) is 0 Å². The fourth-order valence-corrected chi connectivity index (χ4v) is 4.60. The standard InChI is InChI=1S/C26H31ClN4O6/c1-24(2,3)37-23(33)31-22(28)35-12-18-17-10-16(30-21(32)19-8-6-15(27)11-29-19)7-9-20(17)36-25(4,5)26(18)13-34-14-26/h6-11,18H,12-14H2,1-5H3,(H,30,32)(H2,28,31,33). The highest BCUT2D eigenvalue weighted by Crippen LogP contribution is 2.57. The Hall–Kier alpha value is -3.37. The van der Waals surface area contributed by atoms with Crippen LogP contribution in [0.25, 0.3) is 0 Å². The lowest BCUT2D eigenvalue weighted by molar-refractivity contribution is -0.224. The average Bonchev–Trinajstić information content (AvgIpc) is 2.74. The number of pyridine rings is 1. The maximum absolute atomic E-state index is 12.7. The van der Waals surface area contributed by atoms with E-state index in [0.717, 1.165) is 5.56 Å². The van der Waals surface area contributed by atoms with E-state index >= 15 is 0 Å². The van der Waals surface area contributed by atoms with Crippen LogP contribution < -0.4 is 15.8 Å². The highest BCUT2D eigenvalue weighted by atomic mass is 35.5. The molecule has 2 aromatic rings. The number of benzene rings is 1. The maximum atomic E-state index is 12.7. The van der Waals surface area contributed by atoms with Gasteiger partial charge in [0.1, 0.15) is 22.6 Å². The van der Waals surface area contributed by atoms with Crippen molar-refractivity contribution in [2.45, 2.75) is 51.7 Å². The van der Waals surface area contributed by atoms with Crippen LogP contribution in [0.4, 0.5) is 10.5 Å². The second kappa shape index (κ2) is 9.83. The molecule has 10 nitrogen and oxygen atoms in total. The van der Waals surface area contributed by atoms with Gasteiger partial charge in [0.15, 0.2) is 0 Å². The molecule has 1 atom stereocenters. The molecule has 2 aliphatic rings. The molecule has 0 radical (unpaired) electrons. The van der Waals surface area contributed by atoms with Gasteiger partial charge >= 0.3 is 6.09 Å². The third-order valence-corrected chi connectivity index (χ3v) is 6.77. The number of aromatic nitrogens is 1. The zero-order valence-electron chi connectivity index (χ0n) is 21.5. The van der Waals surface area contributed by atoms with E-state index in [1.165, 1.54) is 6.20 Å². The highest BCUT2D eigenvalue weighted by molar-refractivity contribution is 6.30. The molecular formula is C26H31ClN4O6. The Labute approximate surface area is 220 Å². The third kappa shape index (κ3) is 5.65. The monoisotopic (exact) mass is 530 g/mol. The summed E-state index contributed by atoms with van der Waals surface area (Å²) >= 11 is 5.88. The minimum Gasteiger partial charge on any atom is -0.487 e. The number of fused-ring (bicyclic) bond motifs is 1. The van der Waals surface area contributed by atoms with Gasteiger partial charge < -0.3 is 30.0 Å². The molecule has 1 aromatic heterocycles. The zero-order valence-corrected chi connectivity index (χ0v) is 22.2. The minimum absolute atomic E-state index is 0.109. The third-order valence-electron chi connectivity index (χ3n) is 6.55. The first-order valence-corrected chi connectivity index (χ1v) is 12.2. The molecule has 1 fully saturated rings. The summed E-state index contributed by atoms with van der Waals surface area (Å²) in [5.74, 6) is 0.0381. The topological polar surface area (TPSA) is 134 Å². The molecule has 2 aliphatic heterocycles. The molecule has 0 saturated carbocycles. The van der Waals surface area contributed by atoms with Crippen molar-refractivity contribution in [3.63, 3.8) is 0 Å². The number of nitrogens with two attached hydrogens (primary N) is 1. The van der Waals surface area contributed by atoms with Crippen molar-refractivity contribution in [2.24, 2.45) is 16.1 Å². The number of nitrogens with zero attached hydrogens (tertiary/aromatic N) is 2. The predicted molar refractivity (Wildman–Crippen MR) is 138 cm³/mol. The fraction of sp³-hybridized carbons (Fsp3) is 0.462. The summed E-state index contributed by atoms with van der Waals surface area (Å²) in [6.45, 7) is 10.2. The molecule has 1 aromatic carbocycles. The van der Waals surface area contributed by atoms with Crippen molar-refractivity contribution in [3.05, 3.63) is 52.8 Å². The number of amidine groups is 1. The van der Waals surface area contributed by atoms with Crippen LogP contribution >= 0.6 is 11.6 Å². The Kier molecular flexibility index (Phi) is 7.09. The Balaban J connectivity index is 1.59. The van der Waals surface area contributed by atoms with Crippen LogP contribution in [-0.4, -0.2) is 54.0 Å². The lowest BCUT2D eigenvalue weighted by Crippen LogP contribution is -2.65. The van der Waals surface area contributed by atoms with E-state index in [1.54, 1.807) is 45.0 Å². The largest absolute Gasteiger partial charge is 0.487 e. The number of hydrogen-bond donors (Lipinski definition) is 2. The van der Waals surface area contributed by atoms with Crippen LogP contribution in [0.3, 0.4) is 0 Å². The van der Waals surface area contributed by atoms with Crippen molar-refractivity contribution in [3.8, 4) is 5.75 Å². The number of hydrogen-bond acceptors (Lipinski definition) is 7. The molecule has 3 N–H and O–H groups in total. The first-order chi connectivity index (χ1) is 17.3. The number of halogens is 1. The van der Waals surface area contributed by atoms with Gasteiger partial charge in [-0.25, -0.2) is 9.78 Å². The smallest absolute Gasteiger partial charge is 0.438 e. The van der Waals surface area contributed by atoms with Crippen LogP contribution in [0.15, 0.2) is 41.5 Å². The fourth-order valence-electron chi connectivity index (χ4n) is 4.49. The number of carbonyl (C=O) groups is 2. The number of nitrogens with one attached hydrogen (secondary N) is 1. The van der Waals surface area contributed by atoms with Gasteiger partial charge in [-0.05, 0) is 65.0 Å². The van der Waals surface area contributed by atoms with E-state index in [-0.39, 0.29) is 30.1 Å². The lowest BCUT2D eigenvalue weighted by Gasteiger charge is -2.58. The number of ether oxygens (including phenoxy) is 4. The second-order valence-corrected chi connectivity index (χ2v) is 11.1. The van der Waals surface area contributed by atoms with E-state index < -0.39 is 22.7 Å². The van der Waals surface area contributed by atoms with Crippen molar-refractivity contribution in [1.82, 2.24) is 4.98 Å². The molecule has 37 heavy (non-hydrogen) atoms. The Bertz CT molecular complexity index is 1220. The predicted octanol–water partition coefficient (Wildman–Crippen LogP) is 4.52. The Morgan fingerprint density at radius 2 is 1.97 bits per heavy atom. The molecule has 11 heteroatoms. The molecule has 4 rings (SSSR count). The minimum atomic E-state index is -0.833. The molecule has 198 valence electrons. The van der Waals surface area contributed by atoms with Crippen molar-refractivity contribution < 1.29 is 28.5 Å². The highest BCUT2D eigenvalue weighted by Gasteiger charge is 2.61. The van der Waals surface area contributed by atoms with Gasteiger partial charge in [-0.3, -0.25) is 4.79 Å². The van der Waals surface area contributed by atoms with Crippen LogP contribution in [0.5, 0.6) is 5.75 Å². The molecule has 1 unspecified atom stereocenters. The van der Waals surface area contributed by atoms with Crippen molar-refractivity contribution >= 4 is 35.3 Å². The first-order valence-electron chi connectivity index (χ1n) is 11.8. The van der Waals surface area contributed by atoms with Gasteiger partial charge in [0, 0.05) is 23.4 Å². The molecule has 3 heterocycles.